The summed E-state index contributed by atoms with van der Waals surface area (Å²) in [5, 5.41) is 1.10. The third-order valence-corrected chi connectivity index (χ3v) is 8.87. The van der Waals surface area contributed by atoms with Crippen LogP contribution in [-0.2, 0) is 4.74 Å². The summed E-state index contributed by atoms with van der Waals surface area (Å²) < 4.78 is 57.1. The number of rotatable bonds is 6. The SMILES string of the molecule is CN1CCCC1COc1nc(N2CCN(C(=O)OC(C)(C)C)C(CF)C2)c2cnc(-c3cccc4ccc(F)c(Cl)c34)c(F)c2n1. The summed E-state index contributed by atoms with van der Waals surface area (Å²) in [5.41, 5.74) is -0.549. The van der Waals surface area contributed by atoms with E-state index in [2.05, 4.69) is 19.9 Å². The van der Waals surface area contributed by atoms with Crippen molar-refractivity contribution in [2.75, 3.05) is 51.4 Å². The molecule has 13 heteroatoms. The number of ether oxygens (including phenoxy) is 2. The second kappa shape index (κ2) is 12.7. The molecule has 2 atom stereocenters. The number of fused-ring (bicyclic) bond motifs is 2. The second-order valence-electron chi connectivity index (χ2n) is 12.8. The van der Waals surface area contributed by atoms with E-state index in [0.717, 1.165) is 19.4 Å². The van der Waals surface area contributed by atoms with Gasteiger partial charge in [0.05, 0.1) is 16.5 Å². The number of nitrogens with zero attached hydrogens (tertiary/aromatic N) is 6. The number of hydrogen-bond acceptors (Lipinski definition) is 8. The maximum Gasteiger partial charge on any atom is 0.410 e. The van der Waals surface area contributed by atoms with Crippen molar-refractivity contribution in [2.24, 2.45) is 0 Å². The van der Waals surface area contributed by atoms with Crippen LogP contribution in [0, 0.1) is 11.6 Å². The van der Waals surface area contributed by atoms with Gasteiger partial charge >= 0.3 is 12.1 Å². The molecule has 2 aromatic heterocycles. The number of alkyl halides is 1. The van der Waals surface area contributed by atoms with Crippen molar-refractivity contribution in [3.05, 3.63) is 53.2 Å². The second-order valence-corrected chi connectivity index (χ2v) is 13.2. The summed E-state index contributed by atoms with van der Waals surface area (Å²) in [5.74, 6) is -1.08. The van der Waals surface area contributed by atoms with Gasteiger partial charge in [0.15, 0.2) is 5.82 Å². The van der Waals surface area contributed by atoms with Crippen LogP contribution in [0.25, 0.3) is 32.9 Å². The highest BCUT2D eigenvalue weighted by molar-refractivity contribution is 6.36. The molecule has 0 N–H and O–H groups in total. The van der Waals surface area contributed by atoms with Crippen molar-refractivity contribution in [3.8, 4) is 17.3 Å². The molecule has 9 nitrogen and oxygen atoms in total. The van der Waals surface area contributed by atoms with Crippen LogP contribution in [0.2, 0.25) is 5.02 Å². The summed E-state index contributed by atoms with van der Waals surface area (Å²) >= 11 is 6.37. The molecule has 0 radical (unpaired) electrons. The Hall–Kier alpha value is -3.90. The fourth-order valence-electron chi connectivity index (χ4n) is 6.12. The van der Waals surface area contributed by atoms with Gasteiger partial charge in [0, 0.05) is 42.8 Å². The average Bonchev–Trinajstić information content (AvgIpc) is 3.44. The van der Waals surface area contributed by atoms with Crippen LogP contribution in [-0.4, -0.2) is 95.0 Å². The predicted octanol–water partition coefficient (Wildman–Crippen LogP) is 6.64. The van der Waals surface area contributed by atoms with Gasteiger partial charge in [-0.25, -0.2) is 18.0 Å². The lowest BCUT2D eigenvalue weighted by atomic mass is 10.0. The van der Waals surface area contributed by atoms with Gasteiger partial charge in [-0.05, 0) is 58.7 Å². The zero-order valence-corrected chi connectivity index (χ0v) is 27.0. The standard InChI is InChI=1S/C33H36ClF3N6O3/c1-33(2,3)46-32(44)43-14-13-42(17-21(43)15-35)30-23-16-38-28(22-9-5-7-19-10-11-24(36)26(34)25(19)22)27(37)29(23)39-31(40-30)45-18-20-8-6-12-41(20)4/h5,7,9-11,16,20-21H,6,8,12-15,17-18H2,1-4H3. The largest absolute Gasteiger partial charge is 0.462 e. The quantitative estimate of drug-likeness (QED) is 0.228. The number of anilines is 1. The van der Waals surface area contributed by atoms with E-state index in [1.54, 1.807) is 49.9 Å². The molecular formula is C33H36ClF3N6O3. The normalized spacial score (nSPS) is 19.3. The molecule has 2 aliphatic heterocycles. The van der Waals surface area contributed by atoms with Crippen molar-refractivity contribution in [2.45, 2.75) is 51.3 Å². The molecule has 4 heterocycles. The topological polar surface area (TPSA) is 83.9 Å². The lowest BCUT2D eigenvalue weighted by molar-refractivity contribution is 0.0113. The maximum atomic E-state index is 16.6. The van der Waals surface area contributed by atoms with Crippen LogP contribution >= 0.6 is 11.6 Å². The molecule has 0 spiro atoms. The minimum absolute atomic E-state index is 0.0350. The molecule has 0 aliphatic carbocycles. The Morgan fingerprint density at radius 3 is 2.61 bits per heavy atom. The Morgan fingerprint density at radius 1 is 1.09 bits per heavy atom. The number of carbonyl (C=O) groups is 1. The fraction of sp³-hybridized carbons (Fsp3) is 0.455. The summed E-state index contributed by atoms with van der Waals surface area (Å²) in [6.07, 6.45) is 2.84. The smallest absolute Gasteiger partial charge is 0.410 e. The number of benzene rings is 2. The fourth-order valence-corrected chi connectivity index (χ4v) is 6.40. The van der Waals surface area contributed by atoms with E-state index in [4.69, 9.17) is 21.1 Å². The summed E-state index contributed by atoms with van der Waals surface area (Å²) in [7, 11) is 2.02. The molecule has 46 heavy (non-hydrogen) atoms. The highest BCUT2D eigenvalue weighted by Gasteiger charge is 2.35. The highest BCUT2D eigenvalue weighted by atomic mass is 35.5. The molecule has 244 valence electrons. The van der Waals surface area contributed by atoms with Gasteiger partial charge in [-0.3, -0.25) is 9.88 Å². The molecule has 4 aromatic rings. The van der Waals surface area contributed by atoms with Crippen molar-refractivity contribution < 1.29 is 27.4 Å². The van der Waals surface area contributed by atoms with Crippen LogP contribution in [0.1, 0.15) is 33.6 Å². The molecule has 2 unspecified atom stereocenters. The molecule has 2 aliphatic rings. The summed E-state index contributed by atoms with van der Waals surface area (Å²) in [4.78, 5) is 31.8. The highest BCUT2D eigenvalue weighted by Crippen LogP contribution is 2.38. The first-order valence-electron chi connectivity index (χ1n) is 15.3. The molecule has 2 fully saturated rings. The van der Waals surface area contributed by atoms with E-state index in [1.807, 2.05) is 7.05 Å². The minimum atomic E-state index is -0.824. The minimum Gasteiger partial charge on any atom is -0.462 e. The first-order valence-corrected chi connectivity index (χ1v) is 15.7. The van der Waals surface area contributed by atoms with Gasteiger partial charge in [-0.15, -0.1) is 0 Å². The Kier molecular flexibility index (Phi) is 8.86. The third-order valence-electron chi connectivity index (χ3n) is 8.50. The third kappa shape index (κ3) is 6.24. The van der Waals surface area contributed by atoms with E-state index < -0.39 is 36.0 Å². The van der Waals surface area contributed by atoms with Gasteiger partial charge in [-0.2, -0.15) is 9.97 Å². The van der Waals surface area contributed by atoms with Crippen molar-refractivity contribution >= 4 is 45.2 Å². The lowest BCUT2D eigenvalue weighted by Crippen LogP contribution is -2.57. The number of pyridine rings is 1. The maximum absolute atomic E-state index is 16.6. The van der Waals surface area contributed by atoms with Gasteiger partial charge in [0.25, 0.3) is 0 Å². The number of hydrogen-bond donors (Lipinski definition) is 0. The Balaban J connectivity index is 1.42. The van der Waals surface area contributed by atoms with Crippen molar-refractivity contribution in [1.29, 1.82) is 0 Å². The number of likely N-dealkylation sites (tertiary alicyclic amines) is 1. The van der Waals surface area contributed by atoms with E-state index >= 15 is 4.39 Å². The number of aromatic nitrogens is 3. The van der Waals surface area contributed by atoms with E-state index in [0.29, 0.717) is 28.8 Å². The Labute approximate surface area is 270 Å². The Bertz CT molecular complexity index is 1790. The van der Waals surface area contributed by atoms with E-state index in [1.165, 1.54) is 17.2 Å². The molecule has 0 saturated carbocycles. The predicted molar refractivity (Wildman–Crippen MR) is 171 cm³/mol. The van der Waals surface area contributed by atoms with E-state index in [9.17, 15) is 13.6 Å². The zero-order valence-electron chi connectivity index (χ0n) is 26.2. The number of carbonyl (C=O) groups excluding carboxylic acids is 1. The van der Waals surface area contributed by atoms with Crippen LogP contribution in [0.5, 0.6) is 6.01 Å². The zero-order chi connectivity index (χ0) is 32.7. The molecule has 2 aromatic carbocycles. The van der Waals surface area contributed by atoms with Gasteiger partial charge in [0.1, 0.15) is 41.7 Å². The van der Waals surface area contributed by atoms with Crippen LogP contribution in [0.15, 0.2) is 36.5 Å². The monoisotopic (exact) mass is 656 g/mol. The number of amides is 1. The first kappa shape index (κ1) is 32.1. The Morgan fingerprint density at radius 2 is 1.89 bits per heavy atom. The van der Waals surface area contributed by atoms with Crippen molar-refractivity contribution in [1.82, 2.24) is 24.8 Å². The first-order chi connectivity index (χ1) is 21.9. The van der Waals surface area contributed by atoms with Crippen LogP contribution in [0.4, 0.5) is 23.8 Å². The van der Waals surface area contributed by atoms with E-state index in [-0.39, 0.29) is 53.3 Å². The van der Waals surface area contributed by atoms with Crippen molar-refractivity contribution in [3.63, 3.8) is 0 Å². The van der Waals surface area contributed by atoms with Gasteiger partial charge < -0.3 is 19.3 Å². The molecule has 6 rings (SSSR count). The summed E-state index contributed by atoms with van der Waals surface area (Å²) in [6.45, 7) is 6.20. The van der Waals surface area contributed by atoms with Gasteiger partial charge in [0.2, 0.25) is 0 Å². The molecule has 1 amide bonds. The molecular weight excluding hydrogens is 621 g/mol. The molecule has 0 bridgehead atoms. The number of halogens is 4. The molecule has 2 saturated heterocycles. The lowest BCUT2D eigenvalue weighted by Gasteiger charge is -2.41. The van der Waals surface area contributed by atoms with Crippen LogP contribution in [0.3, 0.4) is 0 Å². The van der Waals surface area contributed by atoms with Gasteiger partial charge in [-0.1, -0.05) is 35.9 Å². The van der Waals surface area contributed by atoms with Crippen LogP contribution < -0.4 is 9.64 Å². The number of piperazine rings is 1. The average molecular weight is 657 g/mol. The number of likely N-dealkylation sites (N-methyl/N-ethyl adjacent to an activating group) is 1. The summed E-state index contributed by atoms with van der Waals surface area (Å²) in [6, 6.07) is 7.23.